The zero-order valence-corrected chi connectivity index (χ0v) is 22.4. The van der Waals surface area contributed by atoms with E-state index in [0.29, 0.717) is 13.1 Å². The summed E-state index contributed by atoms with van der Waals surface area (Å²) < 4.78 is 10.8. The molecule has 12 heteroatoms. The maximum atomic E-state index is 13.6. The van der Waals surface area contributed by atoms with Gasteiger partial charge in [-0.25, -0.2) is 4.79 Å². The van der Waals surface area contributed by atoms with Crippen molar-refractivity contribution in [3.8, 4) is 5.75 Å². The number of nitrogens with zero attached hydrogens (tertiary/aromatic N) is 2. The number of amides is 1. The highest BCUT2D eigenvalue weighted by Crippen LogP contribution is 2.46. The average Bonchev–Trinajstić information content (AvgIpc) is 2.97. The zero-order valence-electron chi connectivity index (χ0n) is 21.6. The number of ether oxygens (including phenoxy) is 2. The summed E-state index contributed by atoms with van der Waals surface area (Å²) >= 11 is 1.54. The molecule has 3 atom stereocenters. The Morgan fingerprint density at radius 1 is 1.08 bits per heavy atom. The van der Waals surface area contributed by atoms with Crippen molar-refractivity contribution in [1.82, 2.24) is 4.90 Å². The lowest BCUT2D eigenvalue weighted by atomic mass is 10.1. The van der Waals surface area contributed by atoms with Crippen molar-refractivity contribution in [2.75, 3.05) is 39.2 Å². The Morgan fingerprint density at radius 2 is 1.71 bits per heavy atom. The number of methoxy groups -OCH3 is 1. The number of rotatable bonds is 9. The Labute approximate surface area is 224 Å². The molecular formula is C26H32N2O9S. The van der Waals surface area contributed by atoms with Gasteiger partial charge in [0, 0.05) is 24.9 Å². The fraction of sp³-hybridized carbons (Fsp3) is 0.385. The van der Waals surface area contributed by atoms with E-state index in [1.165, 1.54) is 6.92 Å². The predicted molar refractivity (Wildman–Crippen MR) is 140 cm³/mol. The van der Waals surface area contributed by atoms with Crippen LogP contribution in [0.5, 0.6) is 5.75 Å². The molecule has 2 aromatic carbocycles. The third-order valence-corrected chi connectivity index (χ3v) is 6.73. The molecule has 0 saturated heterocycles. The van der Waals surface area contributed by atoms with E-state index in [4.69, 9.17) is 24.8 Å². The van der Waals surface area contributed by atoms with E-state index in [1.807, 2.05) is 67.5 Å². The van der Waals surface area contributed by atoms with Gasteiger partial charge in [-0.05, 0) is 43.9 Å². The van der Waals surface area contributed by atoms with Gasteiger partial charge in [0.1, 0.15) is 5.75 Å². The molecule has 0 fully saturated rings. The van der Waals surface area contributed by atoms with Crippen molar-refractivity contribution >= 4 is 41.3 Å². The second-order valence-corrected chi connectivity index (χ2v) is 9.74. The molecule has 3 unspecified atom stereocenters. The molecule has 0 saturated carbocycles. The van der Waals surface area contributed by atoms with Crippen molar-refractivity contribution < 1.29 is 44.0 Å². The maximum absolute atomic E-state index is 13.6. The number of aliphatic hydroxyl groups excluding tert-OH is 1. The number of aliphatic carboxylic acids is 2. The molecular weight excluding hydrogens is 516 g/mol. The van der Waals surface area contributed by atoms with Crippen LogP contribution in [-0.4, -0.2) is 90.5 Å². The number of esters is 1. The van der Waals surface area contributed by atoms with Gasteiger partial charge in [0.05, 0.1) is 24.5 Å². The molecule has 1 amide bonds. The van der Waals surface area contributed by atoms with Crippen molar-refractivity contribution in [3.63, 3.8) is 0 Å². The molecule has 1 aliphatic heterocycles. The van der Waals surface area contributed by atoms with E-state index in [2.05, 4.69) is 0 Å². The number of hydrogen-bond acceptors (Lipinski definition) is 9. The third kappa shape index (κ3) is 8.75. The second-order valence-electron chi connectivity index (χ2n) is 8.55. The van der Waals surface area contributed by atoms with Crippen LogP contribution in [0.2, 0.25) is 0 Å². The fourth-order valence-electron chi connectivity index (χ4n) is 3.49. The number of thioether (sulfide) groups is 1. The van der Waals surface area contributed by atoms with Crippen LogP contribution >= 0.6 is 11.8 Å². The summed E-state index contributed by atoms with van der Waals surface area (Å²) in [6.45, 7) is 2.55. The number of hydrogen-bond donors (Lipinski definition) is 3. The van der Waals surface area contributed by atoms with Crippen LogP contribution in [0.1, 0.15) is 24.2 Å². The van der Waals surface area contributed by atoms with Gasteiger partial charge < -0.3 is 34.6 Å². The van der Waals surface area contributed by atoms with Gasteiger partial charge >= 0.3 is 17.9 Å². The van der Waals surface area contributed by atoms with Crippen LogP contribution in [0.25, 0.3) is 0 Å². The van der Waals surface area contributed by atoms with Crippen LogP contribution in [0, 0.1) is 0 Å². The standard InChI is InChI=1S/C22H26N2O4S.C4H6O5/c1-15(25)28-20-21(16-9-11-17(27-4)12-10-16)29-19-8-6-5-7-18(19)24(22(20)26)14-13-23(2)3;5-2(4(8)9)1-3(6)7/h5-12,20-21H,13-14H2,1-4H3;2,5H,1H2,(H,6,7)(H,8,9). The molecule has 38 heavy (non-hydrogen) atoms. The van der Waals surface area contributed by atoms with Crippen LogP contribution in [-0.2, 0) is 23.9 Å². The molecule has 0 bridgehead atoms. The lowest BCUT2D eigenvalue weighted by Crippen LogP contribution is -2.45. The number of aliphatic hydroxyl groups is 1. The minimum Gasteiger partial charge on any atom is -0.497 e. The first-order chi connectivity index (χ1) is 17.9. The SMILES string of the molecule is COc1ccc(C2Sc3ccccc3N(CCN(C)C)C(=O)C2OC(C)=O)cc1.O=C(O)CC(O)C(=O)O. The first kappa shape index (κ1) is 30.6. The van der Waals surface area contributed by atoms with Crippen molar-refractivity contribution in [1.29, 1.82) is 0 Å². The average molecular weight is 549 g/mol. The number of likely N-dealkylation sites (N-methyl/N-ethyl adjacent to an activating group) is 1. The topological polar surface area (TPSA) is 154 Å². The molecule has 3 N–H and O–H groups in total. The van der Waals surface area contributed by atoms with Gasteiger partial charge in [0.2, 0.25) is 0 Å². The maximum Gasteiger partial charge on any atom is 0.333 e. The highest BCUT2D eigenvalue weighted by atomic mass is 32.2. The third-order valence-electron chi connectivity index (χ3n) is 5.36. The molecule has 1 heterocycles. The van der Waals surface area contributed by atoms with Crippen LogP contribution in [0.4, 0.5) is 5.69 Å². The first-order valence-electron chi connectivity index (χ1n) is 11.6. The number of para-hydroxylation sites is 1. The number of carboxylic acids is 2. The predicted octanol–water partition coefficient (Wildman–Crippen LogP) is 2.28. The summed E-state index contributed by atoms with van der Waals surface area (Å²) in [5.41, 5.74) is 1.75. The van der Waals surface area contributed by atoms with Crippen molar-refractivity contribution in [3.05, 3.63) is 54.1 Å². The summed E-state index contributed by atoms with van der Waals surface area (Å²) in [4.78, 5) is 49.6. The fourth-order valence-corrected chi connectivity index (χ4v) is 4.81. The lowest BCUT2D eigenvalue weighted by Gasteiger charge is -2.28. The van der Waals surface area contributed by atoms with Crippen molar-refractivity contribution in [2.24, 2.45) is 0 Å². The highest BCUT2D eigenvalue weighted by Gasteiger charge is 2.40. The van der Waals surface area contributed by atoms with Gasteiger partial charge in [0.15, 0.2) is 12.2 Å². The van der Waals surface area contributed by atoms with E-state index < -0.39 is 36.5 Å². The van der Waals surface area contributed by atoms with E-state index in [0.717, 1.165) is 21.9 Å². The molecule has 11 nitrogen and oxygen atoms in total. The quantitative estimate of drug-likeness (QED) is 0.395. The van der Waals surface area contributed by atoms with E-state index >= 15 is 0 Å². The minimum atomic E-state index is -1.79. The Kier molecular flexibility index (Phi) is 11.6. The number of carbonyl (C=O) groups is 4. The molecule has 2 aromatic rings. The number of carboxylic acid groups (broad SMARTS) is 2. The molecule has 0 radical (unpaired) electrons. The molecule has 206 valence electrons. The highest BCUT2D eigenvalue weighted by molar-refractivity contribution is 7.99. The summed E-state index contributed by atoms with van der Waals surface area (Å²) in [6, 6.07) is 15.4. The molecule has 1 aliphatic rings. The Balaban J connectivity index is 0.000000484. The summed E-state index contributed by atoms with van der Waals surface area (Å²) in [5.74, 6) is -2.79. The number of benzene rings is 2. The van der Waals surface area contributed by atoms with Gasteiger partial charge in [-0.1, -0.05) is 24.3 Å². The van der Waals surface area contributed by atoms with E-state index in [9.17, 15) is 19.2 Å². The second kappa shape index (κ2) is 14.4. The van der Waals surface area contributed by atoms with Gasteiger partial charge in [-0.2, -0.15) is 0 Å². The number of anilines is 1. The summed E-state index contributed by atoms with van der Waals surface area (Å²) in [7, 11) is 5.54. The van der Waals surface area contributed by atoms with Gasteiger partial charge in [-0.3, -0.25) is 14.4 Å². The molecule has 0 aromatic heterocycles. The van der Waals surface area contributed by atoms with Crippen LogP contribution in [0.3, 0.4) is 0 Å². The Morgan fingerprint density at radius 3 is 2.21 bits per heavy atom. The zero-order chi connectivity index (χ0) is 28.4. The Bertz CT molecular complexity index is 1120. The monoisotopic (exact) mass is 548 g/mol. The summed E-state index contributed by atoms with van der Waals surface area (Å²) in [6.07, 6.45) is -3.46. The van der Waals surface area contributed by atoms with E-state index in [-0.39, 0.29) is 11.2 Å². The lowest BCUT2D eigenvalue weighted by molar-refractivity contribution is -0.153. The summed E-state index contributed by atoms with van der Waals surface area (Å²) in [5, 5.41) is 23.8. The molecule has 0 spiro atoms. The van der Waals surface area contributed by atoms with Crippen molar-refractivity contribution in [2.45, 2.75) is 35.7 Å². The Hall–Kier alpha value is -3.61. The molecule has 3 rings (SSSR count). The van der Waals surface area contributed by atoms with Gasteiger partial charge in [-0.15, -0.1) is 11.8 Å². The minimum absolute atomic E-state index is 0.208. The number of carbonyl (C=O) groups excluding carboxylic acids is 2. The smallest absolute Gasteiger partial charge is 0.333 e. The normalized spacial score (nSPS) is 17.4. The van der Waals surface area contributed by atoms with E-state index in [1.54, 1.807) is 23.8 Å². The van der Waals surface area contributed by atoms with Crippen LogP contribution in [0.15, 0.2) is 53.4 Å². The first-order valence-corrected chi connectivity index (χ1v) is 12.5. The van der Waals surface area contributed by atoms with Gasteiger partial charge in [0.25, 0.3) is 5.91 Å². The van der Waals surface area contributed by atoms with Crippen LogP contribution < -0.4 is 9.64 Å². The largest absolute Gasteiger partial charge is 0.497 e. The number of fused-ring (bicyclic) bond motifs is 1. The molecule has 0 aliphatic carbocycles.